The molecule has 1 saturated carbocycles. The highest BCUT2D eigenvalue weighted by molar-refractivity contribution is 5.78. The highest BCUT2D eigenvalue weighted by Crippen LogP contribution is 2.38. The Balaban J connectivity index is 1.98. The molecule has 2 rings (SSSR count). The molecule has 0 aliphatic heterocycles. The summed E-state index contributed by atoms with van der Waals surface area (Å²) in [6.45, 7) is 3.13. The van der Waals surface area contributed by atoms with Gasteiger partial charge in [0.2, 0.25) is 11.7 Å². The number of rotatable bonds is 9. The van der Waals surface area contributed by atoms with Crippen LogP contribution in [-0.4, -0.2) is 46.0 Å². The van der Waals surface area contributed by atoms with Crippen LogP contribution in [0.15, 0.2) is 12.1 Å². The largest absolute Gasteiger partial charge is 0.493 e. The first kappa shape index (κ1) is 21.3. The molecule has 0 bridgehead atoms. The summed E-state index contributed by atoms with van der Waals surface area (Å²) in [5, 5.41) is 3.01. The zero-order chi connectivity index (χ0) is 19.8. The minimum absolute atomic E-state index is 0.00992. The molecule has 152 valence electrons. The molecular weight excluding hydrogens is 348 g/mol. The summed E-state index contributed by atoms with van der Waals surface area (Å²) >= 11 is 0. The molecule has 0 heterocycles. The Hall–Kier alpha value is -1.99. The fourth-order valence-electron chi connectivity index (χ4n) is 3.42. The molecule has 1 amide bonds. The standard InChI is InChI=1S/C20H32N2O5/c1-5-8-27-16-11-14(6-7-15(16)21)20(23)22-12-13-9-17(24-2)19(26-4)18(10-13)25-3/h9-10,14-16H,5-8,11-12,21H2,1-4H3,(H,22,23)/t14-,15+,16+/m0/s1. The number of ether oxygens (including phenoxy) is 4. The Morgan fingerprint density at radius 2 is 1.81 bits per heavy atom. The molecule has 0 saturated heterocycles. The van der Waals surface area contributed by atoms with E-state index in [1.54, 1.807) is 21.3 Å². The maximum atomic E-state index is 12.6. The second-order valence-electron chi connectivity index (χ2n) is 6.83. The minimum atomic E-state index is -0.0753. The maximum Gasteiger partial charge on any atom is 0.223 e. The number of carbonyl (C=O) groups is 1. The van der Waals surface area contributed by atoms with Gasteiger partial charge in [0.25, 0.3) is 0 Å². The summed E-state index contributed by atoms with van der Waals surface area (Å²) in [5.74, 6) is 1.62. The van der Waals surface area contributed by atoms with Gasteiger partial charge in [0, 0.05) is 25.1 Å². The first-order valence-corrected chi connectivity index (χ1v) is 9.47. The third kappa shape index (κ3) is 5.49. The van der Waals surface area contributed by atoms with Gasteiger partial charge < -0.3 is 30.0 Å². The quantitative estimate of drug-likeness (QED) is 0.683. The lowest BCUT2D eigenvalue weighted by Gasteiger charge is -2.33. The van der Waals surface area contributed by atoms with Crippen LogP contribution in [0.4, 0.5) is 0 Å². The zero-order valence-corrected chi connectivity index (χ0v) is 16.7. The van der Waals surface area contributed by atoms with Crippen molar-refractivity contribution in [1.82, 2.24) is 5.32 Å². The van der Waals surface area contributed by atoms with Crippen molar-refractivity contribution < 1.29 is 23.7 Å². The van der Waals surface area contributed by atoms with E-state index < -0.39 is 0 Å². The number of carbonyl (C=O) groups excluding carboxylic acids is 1. The van der Waals surface area contributed by atoms with Crippen molar-refractivity contribution in [3.05, 3.63) is 17.7 Å². The van der Waals surface area contributed by atoms with Crippen molar-refractivity contribution in [2.24, 2.45) is 11.7 Å². The van der Waals surface area contributed by atoms with Crippen LogP contribution in [0.5, 0.6) is 17.2 Å². The van der Waals surface area contributed by atoms with E-state index in [-0.39, 0.29) is 24.0 Å². The van der Waals surface area contributed by atoms with Gasteiger partial charge in [-0.2, -0.15) is 0 Å². The van der Waals surface area contributed by atoms with Crippen LogP contribution in [0.1, 0.15) is 38.2 Å². The molecule has 1 aromatic carbocycles. The molecule has 1 fully saturated rings. The summed E-state index contributed by atoms with van der Waals surface area (Å²) < 4.78 is 21.9. The molecular formula is C20H32N2O5. The van der Waals surface area contributed by atoms with Gasteiger partial charge in [0.05, 0.1) is 27.4 Å². The second-order valence-corrected chi connectivity index (χ2v) is 6.83. The van der Waals surface area contributed by atoms with Gasteiger partial charge >= 0.3 is 0 Å². The van der Waals surface area contributed by atoms with Gasteiger partial charge in [-0.1, -0.05) is 6.92 Å². The Kier molecular flexibility index (Phi) is 8.19. The maximum absolute atomic E-state index is 12.6. The predicted molar refractivity (Wildman–Crippen MR) is 103 cm³/mol. The first-order valence-electron chi connectivity index (χ1n) is 9.47. The summed E-state index contributed by atoms with van der Waals surface area (Å²) in [4.78, 5) is 12.6. The molecule has 0 radical (unpaired) electrons. The third-order valence-electron chi connectivity index (χ3n) is 4.94. The van der Waals surface area contributed by atoms with Gasteiger partial charge in [-0.05, 0) is 43.4 Å². The summed E-state index contributed by atoms with van der Waals surface area (Å²) in [7, 11) is 4.70. The van der Waals surface area contributed by atoms with Crippen LogP contribution < -0.4 is 25.3 Å². The Labute approximate surface area is 161 Å². The average Bonchev–Trinajstić information content (AvgIpc) is 2.70. The average molecular weight is 380 g/mol. The van der Waals surface area contributed by atoms with Gasteiger partial charge in [-0.25, -0.2) is 0 Å². The lowest BCUT2D eigenvalue weighted by molar-refractivity contribution is -0.128. The van der Waals surface area contributed by atoms with Crippen molar-refractivity contribution in [2.45, 2.75) is 51.3 Å². The summed E-state index contributed by atoms with van der Waals surface area (Å²) in [6, 6.07) is 3.69. The molecule has 3 N–H and O–H groups in total. The number of hydrogen-bond acceptors (Lipinski definition) is 6. The van der Waals surface area contributed by atoms with E-state index in [0.717, 1.165) is 24.8 Å². The lowest BCUT2D eigenvalue weighted by Crippen LogP contribution is -2.45. The van der Waals surface area contributed by atoms with E-state index in [9.17, 15) is 4.79 Å². The monoisotopic (exact) mass is 380 g/mol. The number of benzene rings is 1. The molecule has 1 aliphatic rings. The topological polar surface area (TPSA) is 92.0 Å². The fraction of sp³-hybridized carbons (Fsp3) is 0.650. The van der Waals surface area contributed by atoms with E-state index >= 15 is 0 Å². The molecule has 1 aliphatic carbocycles. The van der Waals surface area contributed by atoms with Crippen molar-refractivity contribution in [3.8, 4) is 17.2 Å². The van der Waals surface area contributed by atoms with Crippen LogP contribution in [0.3, 0.4) is 0 Å². The summed E-state index contributed by atoms with van der Waals surface area (Å²) in [5.41, 5.74) is 7.02. The number of nitrogens with one attached hydrogen (secondary N) is 1. The number of nitrogens with two attached hydrogens (primary N) is 1. The van der Waals surface area contributed by atoms with Gasteiger partial charge in [0.1, 0.15) is 0 Å². The molecule has 1 aromatic rings. The van der Waals surface area contributed by atoms with Crippen LogP contribution >= 0.6 is 0 Å². The van der Waals surface area contributed by atoms with Gasteiger partial charge in [0.15, 0.2) is 11.5 Å². The van der Waals surface area contributed by atoms with Crippen molar-refractivity contribution in [1.29, 1.82) is 0 Å². The van der Waals surface area contributed by atoms with Crippen molar-refractivity contribution in [3.63, 3.8) is 0 Å². The van der Waals surface area contributed by atoms with Crippen LogP contribution in [0, 0.1) is 5.92 Å². The molecule has 0 unspecified atom stereocenters. The van der Waals surface area contributed by atoms with Crippen LogP contribution in [-0.2, 0) is 16.1 Å². The first-order chi connectivity index (χ1) is 13.0. The van der Waals surface area contributed by atoms with E-state index in [1.807, 2.05) is 12.1 Å². The molecule has 0 aromatic heterocycles. The Morgan fingerprint density at radius 1 is 1.15 bits per heavy atom. The van der Waals surface area contributed by atoms with Crippen LogP contribution in [0.2, 0.25) is 0 Å². The highest BCUT2D eigenvalue weighted by atomic mass is 16.5. The normalized spacial score (nSPS) is 22.2. The molecule has 27 heavy (non-hydrogen) atoms. The smallest absolute Gasteiger partial charge is 0.223 e. The van der Waals surface area contributed by atoms with Gasteiger partial charge in [-0.3, -0.25) is 4.79 Å². The van der Waals surface area contributed by atoms with Crippen molar-refractivity contribution in [2.75, 3.05) is 27.9 Å². The van der Waals surface area contributed by atoms with E-state index in [1.165, 1.54) is 0 Å². The van der Waals surface area contributed by atoms with E-state index in [2.05, 4.69) is 12.2 Å². The van der Waals surface area contributed by atoms with Crippen molar-refractivity contribution >= 4 is 5.91 Å². The highest BCUT2D eigenvalue weighted by Gasteiger charge is 2.32. The number of methoxy groups -OCH3 is 3. The Bertz CT molecular complexity index is 597. The predicted octanol–water partition coefficient (Wildman–Crippen LogP) is 2.25. The van der Waals surface area contributed by atoms with Crippen LogP contribution in [0.25, 0.3) is 0 Å². The molecule has 7 heteroatoms. The van der Waals surface area contributed by atoms with Gasteiger partial charge in [-0.15, -0.1) is 0 Å². The fourth-order valence-corrected chi connectivity index (χ4v) is 3.42. The number of amides is 1. The Morgan fingerprint density at radius 3 is 2.37 bits per heavy atom. The van der Waals surface area contributed by atoms with E-state index in [4.69, 9.17) is 24.7 Å². The zero-order valence-electron chi connectivity index (χ0n) is 16.7. The second kappa shape index (κ2) is 10.4. The molecule has 3 atom stereocenters. The van der Waals surface area contributed by atoms with E-state index in [0.29, 0.717) is 36.8 Å². The minimum Gasteiger partial charge on any atom is -0.493 e. The number of hydrogen-bond donors (Lipinski definition) is 2. The third-order valence-corrected chi connectivity index (χ3v) is 4.94. The molecule has 0 spiro atoms. The molecule has 7 nitrogen and oxygen atoms in total. The SMILES string of the molecule is CCCO[C@@H]1C[C@@H](C(=O)NCc2cc(OC)c(OC)c(OC)c2)CC[C@H]1N. The lowest BCUT2D eigenvalue weighted by atomic mass is 9.83. The summed E-state index contributed by atoms with van der Waals surface area (Å²) in [6.07, 6.45) is 3.16.